The van der Waals surface area contributed by atoms with Crippen molar-refractivity contribution in [3.05, 3.63) is 60.6 Å². The van der Waals surface area contributed by atoms with Crippen molar-refractivity contribution in [1.29, 1.82) is 0 Å². The lowest BCUT2D eigenvalue weighted by Crippen LogP contribution is -3.08. The van der Waals surface area contributed by atoms with Crippen LogP contribution in [0, 0.1) is 11.8 Å². The third kappa shape index (κ3) is 6.26. The van der Waals surface area contributed by atoms with Crippen LogP contribution in [0.2, 0.25) is 0 Å². The molecule has 0 aromatic carbocycles. The molecule has 11 heteroatoms. The Bertz CT molecular complexity index is 866. The smallest absolute Gasteiger partial charge is 0.337 e. The topological polar surface area (TPSA) is 160 Å². The molecule has 6 N–H and O–H groups in total. The van der Waals surface area contributed by atoms with E-state index in [0.29, 0.717) is 6.54 Å². The summed E-state index contributed by atoms with van der Waals surface area (Å²) in [6.45, 7) is 4.62. The zero-order valence-electron chi connectivity index (χ0n) is 19.5. The van der Waals surface area contributed by atoms with E-state index >= 15 is 0 Å². The van der Waals surface area contributed by atoms with Gasteiger partial charge in [-0.15, -0.1) is 6.58 Å². The Kier molecular flexibility index (Phi) is 9.78. The van der Waals surface area contributed by atoms with Gasteiger partial charge >= 0.3 is 5.97 Å². The summed E-state index contributed by atoms with van der Waals surface area (Å²) in [6.07, 6.45) is 3.88. The van der Waals surface area contributed by atoms with E-state index in [1.165, 1.54) is 19.4 Å². The maximum atomic E-state index is 12.4. The Labute approximate surface area is 203 Å². The molecule has 0 aromatic rings. The van der Waals surface area contributed by atoms with E-state index in [1.54, 1.807) is 6.08 Å². The fraction of sp³-hybridized carbons (Fsp3) is 0.542. The number of aliphatic hydroxyl groups is 5. The van der Waals surface area contributed by atoms with Crippen molar-refractivity contribution >= 4 is 5.97 Å². The van der Waals surface area contributed by atoms with Gasteiger partial charge in [0.15, 0.2) is 6.29 Å². The molecular weight excluding hydrogens is 462 g/mol. The van der Waals surface area contributed by atoms with Crippen LogP contribution >= 0.6 is 0 Å². The second-order valence-electron chi connectivity index (χ2n) is 8.48. The number of carbonyl (C=O) groups excluding carboxylic acids is 1. The van der Waals surface area contributed by atoms with Gasteiger partial charge in [0.2, 0.25) is 6.29 Å². The van der Waals surface area contributed by atoms with Crippen LogP contribution in [0.1, 0.15) is 0 Å². The third-order valence-corrected chi connectivity index (χ3v) is 6.22. The van der Waals surface area contributed by atoms with E-state index in [4.69, 9.17) is 18.9 Å². The van der Waals surface area contributed by atoms with Gasteiger partial charge in [-0.1, -0.05) is 18.2 Å². The van der Waals surface area contributed by atoms with Crippen LogP contribution in [0.4, 0.5) is 0 Å². The van der Waals surface area contributed by atoms with Crippen LogP contribution in [0.3, 0.4) is 0 Å². The molecule has 3 aliphatic heterocycles. The monoisotopic (exact) mass is 496 g/mol. The quantitative estimate of drug-likeness (QED) is 0.149. The van der Waals surface area contributed by atoms with E-state index in [-0.39, 0.29) is 12.2 Å². The number of aliphatic hydroxyl groups excluding tert-OH is 5. The minimum Gasteiger partial charge on any atom is -0.471 e. The minimum absolute atomic E-state index is 0.0569. The first-order valence-electron chi connectivity index (χ1n) is 11.4. The summed E-state index contributed by atoms with van der Waals surface area (Å²) in [5, 5.41) is 49.0. The highest BCUT2D eigenvalue weighted by atomic mass is 16.8. The predicted octanol–water partition coefficient (Wildman–Crippen LogP) is -2.48. The zero-order valence-corrected chi connectivity index (χ0v) is 19.5. The Morgan fingerprint density at radius 3 is 2.66 bits per heavy atom. The zero-order chi connectivity index (χ0) is 25.5. The van der Waals surface area contributed by atoms with Gasteiger partial charge in [-0.25, -0.2) is 4.79 Å². The summed E-state index contributed by atoms with van der Waals surface area (Å²) in [7, 11) is 1.26. The fourth-order valence-electron chi connectivity index (χ4n) is 4.24. The summed E-state index contributed by atoms with van der Waals surface area (Å²) >= 11 is 0. The number of hydrogen-bond acceptors (Lipinski definition) is 10. The number of ether oxygens (including phenoxy) is 4. The number of nitrogens with one attached hydrogen (secondary N) is 1. The van der Waals surface area contributed by atoms with Gasteiger partial charge in [0.25, 0.3) is 0 Å². The van der Waals surface area contributed by atoms with Crippen LogP contribution in [-0.4, -0.2) is 102 Å². The van der Waals surface area contributed by atoms with Crippen molar-refractivity contribution in [3.8, 4) is 0 Å². The fourth-order valence-corrected chi connectivity index (χ4v) is 4.24. The predicted molar refractivity (Wildman–Crippen MR) is 121 cm³/mol. The lowest BCUT2D eigenvalue weighted by atomic mass is 9.83. The Balaban J connectivity index is 1.84. The number of methoxy groups -OCH3 is 1. The molecule has 0 radical (unpaired) electrons. The largest absolute Gasteiger partial charge is 0.471 e. The molecule has 0 saturated carbocycles. The summed E-state index contributed by atoms with van der Waals surface area (Å²) < 4.78 is 21.7. The molecule has 9 atom stereocenters. The average Bonchev–Trinajstić information content (AvgIpc) is 2.87. The molecular formula is C24H34NO10+. The number of esters is 1. The Morgan fingerprint density at radius 2 is 2.00 bits per heavy atom. The highest BCUT2D eigenvalue weighted by Crippen LogP contribution is 2.36. The molecule has 1 fully saturated rings. The standard InChI is InChI=1S/C24H33NO10/c1-3-15-16(7-6-14-5-4-8-25(11-14)9-10-26)17(22(31)32-2)13-33-23(15)35-24-21(30)20(29)19(28)18(12-27)34-24/h3-7,11,13,15-16,18-21,23-24,26-30H,1,8-10,12H2,2H3/p+1/b7-6+/t15-,16+,18-,19-,20+,21-,23+,24+/m1/s1. The first kappa shape index (κ1) is 27.2. The van der Waals surface area contributed by atoms with Gasteiger partial charge in [-0.2, -0.15) is 0 Å². The van der Waals surface area contributed by atoms with Gasteiger partial charge < -0.3 is 49.4 Å². The highest BCUT2D eigenvalue weighted by Gasteiger charge is 2.47. The maximum absolute atomic E-state index is 12.4. The van der Waals surface area contributed by atoms with Crippen molar-refractivity contribution in [2.45, 2.75) is 37.0 Å². The van der Waals surface area contributed by atoms with Crippen molar-refractivity contribution in [1.82, 2.24) is 0 Å². The normalized spacial score (nSPS) is 37.4. The number of carbonyl (C=O) groups is 1. The molecule has 3 rings (SSSR count). The van der Waals surface area contributed by atoms with E-state index in [2.05, 4.69) is 6.58 Å². The highest BCUT2D eigenvalue weighted by molar-refractivity contribution is 5.89. The summed E-state index contributed by atoms with van der Waals surface area (Å²) in [6, 6.07) is 0. The number of quaternary nitrogens is 1. The molecule has 1 saturated heterocycles. The minimum atomic E-state index is -1.61. The molecule has 0 bridgehead atoms. The van der Waals surface area contributed by atoms with Gasteiger partial charge in [0.05, 0.1) is 38.1 Å². The van der Waals surface area contributed by atoms with Gasteiger partial charge in [-0.05, 0) is 12.2 Å². The van der Waals surface area contributed by atoms with Gasteiger partial charge in [0, 0.05) is 11.5 Å². The second kappa shape index (κ2) is 12.6. The molecule has 3 aliphatic rings. The second-order valence-corrected chi connectivity index (χ2v) is 8.48. The van der Waals surface area contributed by atoms with Crippen molar-refractivity contribution in [2.75, 3.05) is 33.4 Å². The molecule has 11 nitrogen and oxygen atoms in total. The van der Waals surface area contributed by atoms with E-state index in [1.807, 2.05) is 24.4 Å². The molecule has 0 amide bonds. The number of allylic oxidation sites excluding steroid dienone is 4. The molecule has 0 aliphatic carbocycles. The van der Waals surface area contributed by atoms with Crippen molar-refractivity contribution < 1.29 is 54.2 Å². The van der Waals surface area contributed by atoms with Crippen LogP contribution in [0.5, 0.6) is 0 Å². The van der Waals surface area contributed by atoms with Crippen LogP contribution < -0.4 is 4.90 Å². The lowest BCUT2D eigenvalue weighted by molar-refractivity contribution is -0.841. The van der Waals surface area contributed by atoms with Crippen LogP contribution in [-0.2, 0) is 23.7 Å². The first-order valence-corrected chi connectivity index (χ1v) is 11.4. The number of rotatable bonds is 9. The van der Waals surface area contributed by atoms with E-state index in [0.717, 1.165) is 17.0 Å². The van der Waals surface area contributed by atoms with Crippen molar-refractivity contribution in [2.24, 2.45) is 11.8 Å². The number of hydrogen-bond donors (Lipinski definition) is 6. The van der Waals surface area contributed by atoms with Crippen LogP contribution in [0.25, 0.3) is 0 Å². The average molecular weight is 497 g/mol. The molecule has 194 valence electrons. The maximum Gasteiger partial charge on any atom is 0.337 e. The first-order chi connectivity index (χ1) is 16.8. The SMILES string of the molecule is C=C[C@H]1[C@H](O[C@@H]2O[C@H](CO)[C@@H](O)[C@H](O)[C@H]2O)OC=C(C(=O)OC)[C@H]1/C=C/C1=C[NH+](CCO)CC=C1. The van der Waals surface area contributed by atoms with Crippen LogP contribution in [0.15, 0.2) is 60.6 Å². The molecule has 0 aromatic heterocycles. The molecule has 35 heavy (non-hydrogen) atoms. The Morgan fingerprint density at radius 1 is 1.23 bits per heavy atom. The summed E-state index contributed by atoms with van der Waals surface area (Å²) in [5.41, 5.74) is 1.10. The molecule has 0 spiro atoms. The Hall–Kier alpha value is -2.35. The molecule has 1 unspecified atom stereocenters. The van der Waals surface area contributed by atoms with Gasteiger partial charge in [0.1, 0.15) is 43.7 Å². The lowest BCUT2D eigenvalue weighted by Gasteiger charge is -2.42. The molecule has 3 heterocycles. The summed E-state index contributed by atoms with van der Waals surface area (Å²) in [4.78, 5) is 13.5. The van der Waals surface area contributed by atoms with Crippen molar-refractivity contribution in [3.63, 3.8) is 0 Å². The van der Waals surface area contributed by atoms with E-state index < -0.39 is 61.4 Å². The van der Waals surface area contributed by atoms with E-state index in [9.17, 15) is 30.3 Å². The third-order valence-electron chi connectivity index (χ3n) is 6.22. The summed E-state index contributed by atoms with van der Waals surface area (Å²) in [5.74, 6) is -1.81. The van der Waals surface area contributed by atoms with Gasteiger partial charge in [-0.3, -0.25) is 0 Å².